The molecule has 0 saturated heterocycles. The van der Waals surface area contributed by atoms with Crippen molar-refractivity contribution in [3.05, 3.63) is 70.3 Å². The first-order valence-electron chi connectivity index (χ1n) is 10.7. The van der Waals surface area contributed by atoms with Crippen molar-refractivity contribution < 1.29 is 18.7 Å². The summed E-state index contributed by atoms with van der Waals surface area (Å²) in [5.41, 5.74) is 4.01. The van der Waals surface area contributed by atoms with Crippen LogP contribution in [0.1, 0.15) is 18.3 Å². The summed E-state index contributed by atoms with van der Waals surface area (Å²) < 4.78 is 18.2. The first-order valence-corrected chi connectivity index (χ1v) is 10.7. The minimum Gasteiger partial charge on any atom is -0.494 e. The van der Waals surface area contributed by atoms with E-state index in [1.165, 1.54) is 11.4 Å². The Labute approximate surface area is 194 Å². The van der Waals surface area contributed by atoms with Crippen molar-refractivity contribution in [2.45, 2.75) is 20.5 Å². The number of Topliss-reactive ketones (excluding diaryl/α,β-unsaturated/α-hetero) is 1. The van der Waals surface area contributed by atoms with Crippen molar-refractivity contribution in [1.82, 2.24) is 19.6 Å². The molecule has 9 heteroatoms. The van der Waals surface area contributed by atoms with E-state index in [4.69, 9.17) is 18.9 Å². The largest absolute Gasteiger partial charge is 0.494 e. The summed E-state index contributed by atoms with van der Waals surface area (Å²) in [6.07, 6.45) is 0. The van der Waals surface area contributed by atoms with E-state index in [0.717, 1.165) is 16.8 Å². The fourth-order valence-corrected chi connectivity index (χ4v) is 3.98. The summed E-state index contributed by atoms with van der Waals surface area (Å²) in [7, 11) is 1.54. The molecule has 0 unspecified atom stereocenters. The zero-order valence-corrected chi connectivity index (χ0v) is 18.9. The highest BCUT2D eigenvalue weighted by Gasteiger charge is 2.24. The number of ether oxygens (including phenoxy) is 2. The van der Waals surface area contributed by atoms with Gasteiger partial charge in [0.25, 0.3) is 5.56 Å². The molecule has 0 amide bonds. The molecule has 34 heavy (non-hydrogen) atoms. The molecule has 0 aliphatic rings. The maximum Gasteiger partial charge on any atom is 0.285 e. The van der Waals surface area contributed by atoms with Gasteiger partial charge in [0, 0.05) is 11.3 Å². The van der Waals surface area contributed by atoms with E-state index < -0.39 is 0 Å². The van der Waals surface area contributed by atoms with Gasteiger partial charge in [0.15, 0.2) is 22.5 Å². The van der Waals surface area contributed by atoms with Crippen molar-refractivity contribution in [2.24, 2.45) is 0 Å². The molecule has 5 rings (SSSR count). The molecule has 2 aromatic carbocycles. The summed E-state index contributed by atoms with van der Waals surface area (Å²) in [6, 6.07) is 15.0. The number of fused-ring (bicyclic) bond motifs is 2. The highest BCUT2D eigenvalue weighted by Crippen LogP contribution is 2.32. The van der Waals surface area contributed by atoms with E-state index in [1.807, 2.05) is 37.3 Å². The number of para-hydroxylation sites is 1. The lowest BCUT2D eigenvalue weighted by Gasteiger charge is -2.08. The third-order valence-electron chi connectivity index (χ3n) is 5.46. The van der Waals surface area contributed by atoms with Gasteiger partial charge in [-0.2, -0.15) is 0 Å². The van der Waals surface area contributed by atoms with E-state index in [0.29, 0.717) is 28.2 Å². The van der Waals surface area contributed by atoms with Gasteiger partial charge in [0.2, 0.25) is 5.89 Å². The molecule has 9 nitrogen and oxygen atoms in total. The highest BCUT2D eigenvalue weighted by molar-refractivity contribution is 5.84. The molecular weight excluding hydrogens is 436 g/mol. The number of carbonyl (C=O) groups excluding carboxylic acids is 1. The fourth-order valence-electron chi connectivity index (χ4n) is 3.98. The van der Waals surface area contributed by atoms with Crippen molar-refractivity contribution in [2.75, 3.05) is 13.7 Å². The highest BCUT2D eigenvalue weighted by atomic mass is 16.5. The van der Waals surface area contributed by atoms with Crippen LogP contribution >= 0.6 is 0 Å². The van der Waals surface area contributed by atoms with Gasteiger partial charge in [0.05, 0.1) is 19.4 Å². The van der Waals surface area contributed by atoms with Crippen LogP contribution in [-0.4, -0.2) is 39.1 Å². The first kappa shape index (κ1) is 21.6. The molecule has 0 radical (unpaired) electrons. The van der Waals surface area contributed by atoms with Crippen LogP contribution in [0.3, 0.4) is 0 Å². The van der Waals surface area contributed by atoms with Gasteiger partial charge in [-0.05, 0) is 31.5 Å². The number of H-pyrrole nitrogens is 1. The lowest BCUT2D eigenvalue weighted by molar-refractivity contribution is -0.121. The number of methoxy groups -OCH3 is 1. The van der Waals surface area contributed by atoms with Crippen LogP contribution in [0.5, 0.6) is 5.75 Å². The number of benzene rings is 2. The third kappa shape index (κ3) is 3.65. The molecule has 172 valence electrons. The van der Waals surface area contributed by atoms with E-state index in [9.17, 15) is 9.59 Å². The maximum atomic E-state index is 13.7. The Kier molecular flexibility index (Phi) is 5.46. The molecule has 0 spiro atoms. The summed E-state index contributed by atoms with van der Waals surface area (Å²) in [4.78, 5) is 34.5. The SMILES string of the molecule is COc1cccc2oc(-c3c(COCC(C)=O)nc4c(-c5ccccc5)c(C)[nH]n4c3=O)nc12. The van der Waals surface area contributed by atoms with Crippen molar-refractivity contribution in [3.63, 3.8) is 0 Å². The number of hydrogen-bond acceptors (Lipinski definition) is 7. The Morgan fingerprint density at radius 3 is 2.62 bits per heavy atom. The minimum atomic E-state index is -0.387. The number of oxazole rings is 1. The molecule has 0 aliphatic carbocycles. The Morgan fingerprint density at radius 1 is 1.09 bits per heavy atom. The molecule has 3 heterocycles. The van der Waals surface area contributed by atoms with Crippen LogP contribution in [0, 0.1) is 6.92 Å². The average Bonchev–Trinajstić information content (AvgIpc) is 3.40. The number of nitrogens with zero attached hydrogens (tertiary/aromatic N) is 3. The van der Waals surface area contributed by atoms with Crippen molar-refractivity contribution >= 4 is 22.5 Å². The van der Waals surface area contributed by atoms with Gasteiger partial charge < -0.3 is 13.9 Å². The molecule has 0 atom stereocenters. The average molecular weight is 458 g/mol. The lowest BCUT2D eigenvalue weighted by Crippen LogP contribution is -2.21. The molecule has 0 fully saturated rings. The minimum absolute atomic E-state index is 0.0605. The Balaban J connectivity index is 1.76. The predicted octanol–water partition coefficient (Wildman–Crippen LogP) is 3.92. The molecule has 3 aromatic heterocycles. The van der Waals surface area contributed by atoms with Crippen LogP contribution in [0.2, 0.25) is 0 Å². The number of nitrogens with one attached hydrogen (secondary N) is 1. The van der Waals surface area contributed by atoms with E-state index in [-0.39, 0.29) is 36.0 Å². The van der Waals surface area contributed by atoms with Gasteiger partial charge in [-0.15, -0.1) is 0 Å². The Morgan fingerprint density at radius 2 is 1.88 bits per heavy atom. The standard InChI is InChI=1S/C25H22N4O5/c1-14(30)12-33-13-17-21(24-27-22-18(32-3)10-7-11-19(22)34-24)25(31)29-23(26-17)20(15(2)28-29)16-8-5-4-6-9-16/h4-11,28H,12-13H2,1-3H3. The van der Waals surface area contributed by atoms with E-state index in [1.54, 1.807) is 25.3 Å². The topological polar surface area (TPSA) is 112 Å². The van der Waals surface area contributed by atoms with Crippen LogP contribution in [0.4, 0.5) is 0 Å². The third-order valence-corrected chi connectivity index (χ3v) is 5.46. The number of aromatic amines is 1. The molecule has 1 N–H and O–H groups in total. The number of ketones is 1. The molecule has 0 aliphatic heterocycles. The number of rotatable bonds is 7. The molecule has 5 aromatic rings. The molecule has 0 bridgehead atoms. The fraction of sp³-hybridized carbons (Fsp3) is 0.200. The smallest absolute Gasteiger partial charge is 0.285 e. The predicted molar refractivity (Wildman–Crippen MR) is 126 cm³/mol. The Bertz CT molecular complexity index is 1580. The maximum absolute atomic E-state index is 13.7. The zero-order valence-electron chi connectivity index (χ0n) is 18.9. The number of hydrogen-bond donors (Lipinski definition) is 1. The van der Waals surface area contributed by atoms with Crippen LogP contribution in [-0.2, 0) is 16.1 Å². The van der Waals surface area contributed by atoms with Gasteiger partial charge in [-0.1, -0.05) is 36.4 Å². The van der Waals surface area contributed by atoms with E-state index in [2.05, 4.69) is 10.1 Å². The zero-order chi connectivity index (χ0) is 23.8. The Hall–Kier alpha value is -4.24. The van der Waals surface area contributed by atoms with Crippen molar-refractivity contribution in [1.29, 1.82) is 0 Å². The summed E-state index contributed by atoms with van der Waals surface area (Å²) >= 11 is 0. The lowest BCUT2D eigenvalue weighted by atomic mass is 10.1. The summed E-state index contributed by atoms with van der Waals surface area (Å²) in [6.45, 7) is 3.16. The first-order chi connectivity index (χ1) is 16.5. The normalized spacial score (nSPS) is 11.4. The van der Waals surface area contributed by atoms with Gasteiger partial charge in [-0.3, -0.25) is 14.7 Å². The van der Waals surface area contributed by atoms with Gasteiger partial charge >= 0.3 is 0 Å². The second-order valence-electron chi connectivity index (χ2n) is 7.90. The van der Waals surface area contributed by atoms with Crippen LogP contribution in [0.25, 0.3) is 39.3 Å². The van der Waals surface area contributed by atoms with Crippen LogP contribution < -0.4 is 10.3 Å². The van der Waals surface area contributed by atoms with Crippen LogP contribution in [0.15, 0.2) is 57.7 Å². The monoisotopic (exact) mass is 458 g/mol. The second-order valence-corrected chi connectivity index (χ2v) is 7.90. The molecule has 0 saturated carbocycles. The molecular formula is C25H22N4O5. The number of aryl methyl sites for hydroxylation is 1. The van der Waals surface area contributed by atoms with Gasteiger partial charge in [-0.25, -0.2) is 14.5 Å². The second kappa shape index (κ2) is 8.60. The number of carbonyl (C=O) groups is 1. The van der Waals surface area contributed by atoms with Gasteiger partial charge in [0.1, 0.15) is 17.9 Å². The van der Waals surface area contributed by atoms with Crippen molar-refractivity contribution in [3.8, 4) is 28.3 Å². The van der Waals surface area contributed by atoms with E-state index >= 15 is 0 Å². The summed E-state index contributed by atoms with van der Waals surface area (Å²) in [5.74, 6) is 0.493. The quantitative estimate of drug-likeness (QED) is 0.393. The number of aromatic nitrogens is 4. The summed E-state index contributed by atoms with van der Waals surface area (Å²) in [5, 5.41) is 3.11.